The third-order valence-corrected chi connectivity index (χ3v) is 2.43. The van der Waals surface area contributed by atoms with Gasteiger partial charge in [-0.15, -0.1) is 0 Å². The normalized spacial score (nSPS) is 13.1. The number of hydrogen-bond acceptors (Lipinski definition) is 1. The minimum absolute atomic E-state index is 0.0994. The second-order valence-electron chi connectivity index (χ2n) is 2.45. The van der Waals surface area contributed by atoms with Gasteiger partial charge in [0.1, 0.15) is 5.82 Å². The molecule has 0 spiro atoms. The van der Waals surface area contributed by atoms with E-state index in [1.807, 2.05) is 6.92 Å². The molecule has 0 fully saturated rings. The Morgan fingerprint density at radius 1 is 1.55 bits per heavy atom. The first-order valence-electron chi connectivity index (χ1n) is 3.32. The lowest BCUT2D eigenvalue weighted by molar-refractivity contribution is 0.621. The van der Waals surface area contributed by atoms with Crippen LogP contribution >= 0.6 is 22.6 Å². The summed E-state index contributed by atoms with van der Waals surface area (Å²) in [6.07, 6.45) is 0. The predicted molar refractivity (Wildman–Crippen MR) is 51.7 cm³/mol. The average molecular weight is 265 g/mol. The van der Waals surface area contributed by atoms with Crippen molar-refractivity contribution in [2.75, 3.05) is 0 Å². The summed E-state index contributed by atoms with van der Waals surface area (Å²) >= 11 is 2.15. The van der Waals surface area contributed by atoms with Gasteiger partial charge in [0.15, 0.2) is 0 Å². The van der Waals surface area contributed by atoms with Crippen molar-refractivity contribution < 1.29 is 4.39 Å². The van der Waals surface area contributed by atoms with Crippen molar-refractivity contribution in [3.8, 4) is 0 Å². The smallest absolute Gasteiger partial charge is 0.123 e. The van der Waals surface area contributed by atoms with Gasteiger partial charge in [-0.2, -0.15) is 0 Å². The second kappa shape index (κ2) is 3.49. The van der Waals surface area contributed by atoms with Crippen molar-refractivity contribution in [3.63, 3.8) is 0 Å². The van der Waals surface area contributed by atoms with Crippen LogP contribution in [0.4, 0.5) is 4.39 Å². The Morgan fingerprint density at radius 3 is 2.64 bits per heavy atom. The molecule has 3 heteroatoms. The molecule has 0 unspecified atom stereocenters. The highest BCUT2D eigenvalue weighted by Crippen LogP contribution is 2.18. The maximum absolute atomic E-state index is 12.6. The Kier molecular flexibility index (Phi) is 2.84. The molecule has 0 saturated carbocycles. The number of nitrogens with two attached hydrogens (primary N) is 1. The maximum atomic E-state index is 12.6. The molecule has 0 aliphatic heterocycles. The predicted octanol–water partition coefficient (Wildman–Crippen LogP) is 2.45. The molecular weight excluding hydrogens is 256 g/mol. The lowest BCUT2D eigenvalue weighted by Gasteiger charge is -2.07. The highest BCUT2D eigenvalue weighted by molar-refractivity contribution is 14.1. The molecule has 60 valence electrons. The standard InChI is InChI=1S/C8H9FIN/c1-5(11)7-4-6(9)2-3-8(7)10/h2-5H,11H2,1H3/t5-/m1/s1. The summed E-state index contributed by atoms with van der Waals surface area (Å²) in [7, 11) is 0. The molecular formula is C8H9FIN. The highest BCUT2D eigenvalue weighted by Gasteiger charge is 2.04. The van der Waals surface area contributed by atoms with E-state index in [9.17, 15) is 4.39 Å². The van der Waals surface area contributed by atoms with Crippen molar-refractivity contribution in [2.24, 2.45) is 5.73 Å². The van der Waals surface area contributed by atoms with Crippen LogP contribution in [-0.2, 0) is 0 Å². The number of rotatable bonds is 1. The summed E-state index contributed by atoms with van der Waals surface area (Å²) in [6.45, 7) is 1.84. The molecule has 0 radical (unpaired) electrons. The molecule has 0 heterocycles. The SMILES string of the molecule is C[C@@H](N)c1cc(F)ccc1I. The lowest BCUT2D eigenvalue weighted by Crippen LogP contribution is -2.07. The lowest BCUT2D eigenvalue weighted by atomic mass is 10.1. The second-order valence-corrected chi connectivity index (χ2v) is 3.62. The molecule has 1 nitrogen and oxygen atoms in total. The first-order valence-corrected chi connectivity index (χ1v) is 4.39. The molecule has 1 aromatic rings. The molecule has 0 bridgehead atoms. The molecule has 0 amide bonds. The Hall–Kier alpha value is -0.160. The van der Waals surface area contributed by atoms with E-state index in [1.54, 1.807) is 6.07 Å². The van der Waals surface area contributed by atoms with Gasteiger partial charge in [0.05, 0.1) is 0 Å². The van der Waals surface area contributed by atoms with Gasteiger partial charge in [-0.25, -0.2) is 4.39 Å². The summed E-state index contributed by atoms with van der Waals surface area (Å²) in [5, 5.41) is 0. The monoisotopic (exact) mass is 265 g/mol. The summed E-state index contributed by atoms with van der Waals surface area (Å²) in [5.74, 6) is -0.224. The fourth-order valence-corrected chi connectivity index (χ4v) is 1.69. The largest absolute Gasteiger partial charge is 0.324 e. The van der Waals surface area contributed by atoms with Gasteiger partial charge in [0, 0.05) is 9.61 Å². The third-order valence-electron chi connectivity index (χ3n) is 1.45. The summed E-state index contributed by atoms with van der Waals surface area (Å²) in [5.41, 5.74) is 6.48. The number of benzene rings is 1. The Balaban J connectivity index is 3.13. The van der Waals surface area contributed by atoms with Gasteiger partial charge in [0.2, 0.25) is 0 Å². The van der Waals surface area contributed by atoms with Gasteiger partial charge in [-0.1, -0.05) is 0 Å². The van der Waals surface area contributed by atoms with Crippen molar-refractivity contribution in [2.45, 2.75) is 13.0 Å². The van der Waals surface area contributed by atoms with Crippen LogP contribution in [-0.4, -0.2) is 0 Å². The average Bonchev–Trinajstić information content (AvgIpc) is 1.94. The van der Waals surface area contributed by atoms with E-state index in [1.165, 1.54) is 12.1 Å². The van der Waals surface area contributed by atoms with Crippen LogP contribution in [0.5, 0.6) is 0 Å². The van der Waals surface area contributed by atoms with Gasteiger partial charge < -0.3 is 5.73 Å². The Bertz CT molecular complexity index is 260. The zero-order valence-corrected chi connectivity index (χ0v) is 8.30. The topological polar surface area (TPSA) is 26.0 Å². The van der Waals surface area contributed by atoms with Crippen LogP contribution in [0.15, 0.2) is 18.2 Å². The highest BCUT2D eigenvalue weighted by atomic mass is 127. The van der Waals surface area contributed by atoms with Crippen LogP contribution in [0.3, 0.4) is 0 Å². The van der Waals surface area contributed by atoms with E-state index in [2.05, 4.69) is 22.6 Å². The van der Waals surface area contributed by atoms with Gasteiger partial charge in [-0.05, 0) is 53.3 Å². The fraction of sp³-hybridized carbons (Fsp3) is 0.250. The first-order chi connectivity index (χ1) is 5.11. The van der Waals surface area contributed by atoms with Crippen molar-refractivity contribution in [1.29, 1.82) is 0 Å². The van der Waals surface area contributed by atoms with Crippen molar-refractivity contribution >= 4 is 22.6 Å². The summed E-state index contributed by atoms with van der Waals surface area (Å²) < 4.78 is 13.7. The molecule has 0 aromatic heterocycles. The van der Waals surface area contributed by atoms with E-state index in [-0.39, 0.29) is 11.9 Å². The maximum Gasteiger partial charge on any atom is 0.123 e. The summed E-state index contributed by atoms with van der Waals surface area (Å²) in [6, 6.07) is 4.55. The molecule has 1 rings (SSSR count). The molecule has 11 heavy (non-hydrogen) atoms. The van der Waals surface area contributed by atoms with E-state index in [4.69, 9.17) is 5.73 Å². The van der Waals surface area contributed by atoms with E-state index in [0.717, 1.165) is 9.13 Å². The summed E-state index contributed by atoms with van der Waals surface area (Å²) in [4.78, 5) is 0. The quantitative estimate of drug-likeness (QED) is 0.775. The molecule has 2 N–H and O–H groups in total. The van der Waals surface area contributed by atoms with Crippen LogP contribution in [0, 0.1) is 9.39 Å². The van der Waals surface area contributed by atoms with E-state index in [0.29, 0.717) is 0 Å². The zero-order valence-electron chi connectivity index (χ0n) is 6.14. The molecule has 0 saturated heterocycles. The molecule has 1 atom stereocenters. The number of halogens is 2. The van der Waals surface area contributed by atoms with Gasteiger partial charge >= 0.3 is 0 Å². The van der Waals surface area contributed by atoms with Crippen LogP contribution in [0.1, 0.15) is 18.5 Å². The van der Waals surface area contributed by atoms with Crippen LogP contribution in [0.2, 0.25) is 0 Å². The Morgan fingerprint density at radius 2 is 2.18 bits per heavy atom. The van der Waals surface area contributed by atoms with Crippen molar-refractivity contribution in [3.05, 3.63) is 33.1 Å². The van der Waals surface area contributed by atoms with E-state index < -0.39 is 0 Å². The number of hydrogen-bond donors (Lipinski definition) is 1. The van der Waals surface area contributed by atoms with Crippen LogP contribution < -0.4 is 5.73 Å². The molecule has 0 aliphatic carbocycles. The third kappa shape index (κ3) is 2.13. The van der Waals surface area contributed by atoms with E-state index >= 15 is 0 Å². The minimum Gasteiger partial charge on any atom is -0.324 e. The van der Waals surface area contributed by atoms with Crippen molar-refractivity contribution in [1.82, 2.24) is 0 Å². The Labute approximate surface area is 78.9 Å². The van der Waals surface area contributed by atoms with Gasteiger partial charge in [-0.3, -0.25) is 0 Å². The minimum atomic E-state index is -0.224. The van der Waals surface area contributed by atoms with Gasteiger partial charge in [0.25, 0.3) is 0 Å². The molecule has 0 aliphatic rings. The first kappa shape index (κ1) is 8.93. The fourth-order valence-electron chi connectivity index (χ4n) is 0.864. The zero-order chi connectivity index (χ0) is 8.43. The van der Waals surface area contributed by atoms with Crippen LogP contribution in [0.25, 0.3) is 0 Å². The molecule has 1 aromatic carbocycles.